The number of aromatic nitrogens is 1. The second-order valence-electron chi connectivity index (χ2n) is 3.41. The molecule has 2 aromatic rings. The van der Waals surface area contributed by atoms with E-state index in [1.54, 1.807) is 29.8 Å². The van der Waals surface area contributed by atoms with Crippen LogP contribution in [0.4, 0.5) is 0 Å². The number of carbonyl (C=O) groups is 1. The molecule has 0 aliphatic rings. The van der Waals surface area contributed by atoms with Gasteiger partial charge in [-0.25, -0.2) is 0 Å². The molecule has 0 atom stereocenters. The Morgan fingerprint density at radius 3 is 2.88 bits per heavy atom. The summed E-state index contributed by atoms with van der Waals surface area (Å²) in [6, 6.07) is 7.67. The van der Waals surface area contributed by atoms with Gasteiger partial charge in [-0.3, -0.25) is 9.78 Å². The molecule has 2 heterocycles. The maximum Gasteiger partial charge on any atom is 0.244 e. The van der Waals surface area contributed by atoms with Gasteiger partial charge in [-0.15, -0.1) is 11.3 Å². The SMILES string of the molecule is O=C(/C=C/c1ccncc1)NCc1cccs1. The third-order valence-corrected chi connectivity index (χ3v) is 3.03. The number of nitrogens with one attached hydrogen (secondary N) is 1. The molecule has 0 aromatic carbocycles. The molecule has 1 N–H and O–H groups in total. The van der Waals surface area contributed by atoms with Gasteiger partial charge >= 0.3 is 0 Å². The summed E-state index contributed by atoms with van der Waals surface area (Å²) in [5, 5.41) is 4.82. The van der Waals surface area contributed by atoms with Crippen molar-refractivity contribution in [3.63, 3.8) is 0 Å². The zero-order valence-electron chi connectivity index (χ0n) is 9.17. The lowest BCUT2D eigenvalue weighted by Gasteiger charge is -1.98. The Hall–Kier alpha value is -1.94. The number of thiophene rings is 1. The predicted molar refractivity (Wildman–Crippen MR) is 69.4 cm³/mol. The molecule has 0 unspecified atom stereocenters. The highest BCUT2D eigenvalue weighted by Crippen LogP contribution is 2.07. The molecule has 86 valence electrons. The minimum absolute atomic E-state index is 0.0878. The van der Waals surface area contributed by atoms with Crippen molar-refractivity contribution in [2.75, 3.05) is 0 Å². The van der Waals surface area contributed by atoms with Gasteiger partial charge < -0.3 is 5.32 Å². The summed E-state index contributed by atoms with van der Waals surface area (Å²) in [6.45, 7) is 0.581. The summed E-state index contributed by atoms with van der Waals surface area (Å²) < 4.78 is 0. The smallest absolute Gasteiger partial charge is 0.244 e. The number of rotatable bonds is 4. The van der Waals surface area contributed by atoms with Crippen molar-refractivity contribution in [2.45, 2.75) is 6.54 Å². The summed E-state index contributed by atoms with van der Waals surface area (Å²) in [6.07, 6.45) is 6.70. The van der Waals surface area contributed by atoms with Gasteiger partial charge in [0.05, 0.1) is 6.54 Å². The van der Waals surface area contributed by atoms with E-state index in [0.717, 1.165) is 10.4 Å². The highest BCUT2D eigenvalue weighted by atomic mass is 32.1. The average Bonchev–Trinajstić information content (AvgIpc) is 2.88. The molecular weight excluding hydrogens is 232 g/mol. The second-order valence-corrected chi connectivity index (χ2v) is 4.44. The maximum atomic E-state index is 11.5. The predicted octanol–water partition coefficient (Wildman–Crippen LogP) is 2.47. The largest absolute Gasteiger partial charge is 0.348 e. The van der Waals surface area contributed by atoms with E-state index in [-0.39, 0.29) is 5.91 Å². The monoisotopic (exact) mass is 244 g/mol. The van der Waals surface area contributed by atoms with Crippen molar-refractivity contribution < 1.29 is 4.79 Å². The maximum absolute atomic E-state index is 11.5. The third-order valence-electron chi connectivity index (χ3n) is 2.15. The number of nitrogens with zero attached hydrogens (tertiary/aromatic N) is 1. The van der Waals surface area contributed by atoms with Gasteiger partial charge in [0.1, 0.15) is 0 Å². The van der Waals surface area contributed by atoms with Crippen LogP contribution in [0.5, 0.6) is 0 Å². The van der Waals surface area contributed by atoms with Gasteiger partial charge in [0, 0.05) is 23.3 Å². The first-order valence-corrected chi connectivity index (χ1v) is 6.11. The van der Waals surface area contributed by atoms with Gasteiger partial charge in [0.2, 0.25) is 5.91 Å². The minimum Gasteiger partial charge on any atom is -0.348 e. The molecule has 0 aliphatic heterocycles. The molecule has 0 saturated carbocycles. The van der Waals surface area contributed by atoms with Crippen LogP contribution < -0.4 is 5.32 Å². The lowest BCUT2D eigenvalue weighted by atomic mass is 10.2. The number of hydrogen-bond donors (Lipinski definition) is 1. The topological polar surface area (TPSA) is 42.0 Å². The molecule has 0 bridgehead atoms. The van der Waals surface area contributed by atoms with Gasteiger partial charge in [-0.05, 0) is 35.2 Å². The van der Waals surface area contributed by atoms with Crippen LogP contribution in [-0.4, -0.2) is 10.9 Å². The molecule has 0 radical (unpaired) electrons. The molecule has 0 aliphatic carbocycles. The molecule has 2 aromatic heterocycles. The Bertz CT molecular complexity index is 491. The first-order chi connectivity index (χ1) is 8.34. The molecule has 4 heteroatoms. The van der Waals surface area contributed by atoms with Crippen LogP contribution in [-0.2, 0) is 11.3 Å². The lowest BCUT2D eigenvalue weighted by molar-refractivity contribution is -0.116. The van der Waals surface area contributed by atoms with Crippen molar-refractivity contribution in [3.8, 4) is 0 Å². The molecule has 0 saturated heterocycles. The first kappa shape index (κ1) is 11.5. The zero-order chi connectivity index (χ0) is 11.9. The Kier molecular flexibility index (Phi) is 4.05. The van der Waals surface area contributed by atoms with Gasteiger partial charge in [-0.1, -0.05) is 6.07 Å². The fourth-order valence-corrected chi connectivity index (χ4v) is 1.94. The van der Waals surface area contributed by atoms with Crippen molar-refractivity contribution in [1.82, 2.24) is 10.3 Å². The average molecular weight is 244 g/mol. The fraction of sp³-hybridized carbons (Fsp3) is 0.0769. The fourth-order valence-electron chi connectivity index (χ4n) is 1.29. The van der Waals surface area contributed by atoms with Gasteiger partial charge in [0.25, 0.3) is 0 Å². The molecule has 0 spiro atoms. The summed E-state index contributed by atoms with van der Waals surface area (Å²) in [5.41, 5.74) is 0.964. The summed E-state index contributed by atoms with van der Waals surface area (Å²) in [5.74, 6) is -0.0878. The van der Waals surface area contributed by atoms with Crippen molar-refractivity contribution in [3.05, 3.63) is 58.6 Å². The van der Waals surface area contributed by atoms with Gasteiger partial charge in [-0.2, -0.15) is 0 Å². The van der Waals surface area contributed by atoms with E-state index in [2.05, 4.69) is 10.3 Å². The zero-order valence-corrected chi connectivity index (χ0v) is 9.98. The number of hydrogen-bond acceptors (Lipinski definition) is 3. The third kappa shape index (κ3) is 3.85. The minimum atomic E-state index is -0.0878. The summed E-state index contributed by atoms with van der Waals surface area (Å²) >= 11 is 1.63. The Labute approximate surface area is 104 Å². The van der Waals surface area contributed by atoms with E-state index in [1.165, 1.54) is 6.08 Å². The Morgan fingerprint density at radius 1 is 1.35 bits per heavy atom. The second kappa shape index (κ2) is 5.96. The van der Waals surface area contributed by atoms with Crippen LogP contribution in [0.15, 0.2) is 48.1 Å². The number of amides is 1. The Morgan fingerprint density at radius 2 is 2.18 bits per heavy atom. The molecule has 3 nitrogen and oxygen atoms in total. The van der Waals surface area contributed by atoms with Crippen LogP contribution in [0.2, 0.25) is 0 Å². The molecule has 2 rings (SSSR count). The van der Waals surface area contributed by atoms with E-state index < -0.39 is 0 Å². The van der Waals surface area contributed by atoms with Crippen LogP contribution in [0.1, 0.15) is 10.4 Å². The van der Waals surface area contributed by atoms with E-state index in [0.29, 0.717) is 6.54 Å². The van der Waals surface area contributed by atoms with E-state index in [1.807, 2.05) is 29.6 Å². The molecule has 1 amide bonds. The highest BCUT2D eigenvalue weighted by molar-refractivity contribution is 7.09. The van der Waals surface area contributed by atoms with E-state index in [4.69, 9.17) is 0 Å². The highest BCUT2D eigenvalue weighted by Gasteiger charge is 1.96. The van der Waals surface area contributed by atoms with Crippen LogP contribution in [0.25, 0.3) is 6.08 Å². The lowest BCUT2D eigenvalue weighted by Crippen LogP contribution is -2.19. The quantitative estimate of drug-likeness (QED) is 0.839. The Balaban J connectivity index is 1.83. The van der Waals surface area contributed by atoms with Crippen molar-refractivity contribution in [1.29, 1.82) is 0 Å². The summed E-state index contributed by atoms with van der Waals surface area (Å²) in [4.78, 5) is 16.6. The first-order valence-electron chi connectivity index (χ1n) is 5.23. The number of pyridine rings is 1. The number of carbonyl (C=O) groups excluding carboxylic acids is 1. The molecule has 0 fully saturated rings. The molecule has 17 heavy (non-hydrogen) atoms. The van der Waals surface area contributed by atoms with E-state index in [9.17, 15) is 4.79 Å². The summed E-state index contributed by atoms with van der Waals surface area (Å²) in [7, 11) is 0. The normalized spacial score (nSPS) is 10.6. The molecular formula is C13H12N2OS. The van der Waals surface area contributed by atoms with E-state index >= 15 is 0 Å². The van der Waals surface area contributed by atoms with Crippen LogP contribution in [0, 0.1) is 0 Å². The van der Waals surface area contributed by atoms with Gasteiger partial charge in [0.15, 0.2) is 0 Å². The van der Waals surface area contributed by atoms with Crippen LogP contribution >= 0.6 is 11.3 Å². The van der Waals surface area contributed by atoms with Crippen molar-refractivity contribution >= 4 is 23.3 Å². The van der Waals surface area contributed by atoms with Crippen LogP contribution in [0.3, 0.4) is 0 Å². The standard InChI is InChI=1S/C13H12N2OS/c16-13(15-10-12-2-1-9-17-12)4-3-11-5-7-14-8-6-11/h1-9H,10H2,(H,15,16)/b4-3+. The van der Waals surface area contributed by atoms with Crippen molar-refractivity contribution in [2.24, 2.45) is 0 Å².